The van der Waals surface area contributed by atoms with Crippen molar-refractivity contribution in [3.05, 3.63) is 23.3 Å². The summed E-state index contributed by atoms with van der Waals surface area (Å²) in [6.07, 6.45) is 5.90. The van der Waals surface area contributed by atoms with Crippen LogP contribution in [0.15, 0.2) is 12.1 Å². The second-order valence-corrected chi connectivity index (χ2v) is 5.10. The Hall–Kier alpha value is -1.84. The van der Waals surface area contributed by atoms with Gasteiger partial charge < -0.3 is 9.47 Å². The molecule has 0 fully saturated rings. The summed E-state index contributed by atoms with van der Waals surface area (Å²) in [5, 5.41) is 0. The van der Waals surface area contributed by atoms with Crippen molar-refractivity contribution in [3.8, 4) is 11.5 Å². The number of rotatable bonds is 10. The molecule has 1 aromatic rings. The molecule has 21 heavy (non-hydrogen) atoms. The number of methoxy groups -OCH3 is 1. The predicted octanol–water partition coefficient (Wildman–Crippen LogP) is 3.92. The van der Waals surface area contributed by atoms with Crippen LogP contribution in [0.4, 0.5) is 0 Å². The summed E-state index contributed by atoms with van der Waals surface area (Å²) in [4.78, 5) is 22.2. The summed E-state index contributed by atoms with van der Waals surface area (Å²) in [7, 11) is 1.47. The van der Waals surface area contributed by atoms with Crippen molar-refractivity contribution >= 4 is 12.6 Å². The molecule has 0 radical (unpaired) electrons. The van der Waals surface area contributed by atoms with Crippen LogP contribution < -0.4 is 9.47 Å². The van der Waals surface area contributed by atoms with Gasteiger partial charge in [-0.05, 0) is 24.5 Å². The first-order valence-electron chi connectivity index (χ1n) is 7.45. The van der Waals surface area contributed by atoms with Gasteiger partial charge in [0.2, 0.25) is 0 Å². The van der Waals surface area contributed by atoms with Crippen LogP contribution in [-0.2, 0) is 0 Å². The third kappa shape index (κ3) is 4.88. The summed E-state index contributed by atoms with van der Waals surface area (Å²) in [6.45, 7) is 4.86. The topological polar surface area (TPSA) is 52.6 Å². The van der Waals surface area contributed by atoms with Crippen molar-refractivity contribution in [2.24, 2.45) is 5.92 Å². The third-order valence-electron chi connectivity index (χ3n) is 3.63. The lowest BCUT2D eigenvalue weighted by Gasteiger charge is -2.17. The van der Waals surface area contributed by atoms with Crippen LogP contribution >= 0.6 is 0 Å². The van der Waals surface area contributed by atoms with Crippen LogP contribution in [0.25, 0.3) is 0 Å². The highest BCUT2D eigenvalue weighted by Gasteiger charge is 2.13. The average Bonchev–Trinajstić information content (AvgIpc) is 2.54. The monoisotopic (exact) mass is 292 g/mol. The van der Waals surface area contributed by atoms with Gasteiger partial charge in [-0.1, -0.05) is 33.1 Å². The Labute approximate surface area is 126 Å². The highest BCUT2D eigenvalue weighted by molar-refractivity contribution is 5.87. The van der Waals surface area contributed by atoms with Gasteiger partial charge in [0.25, 0.3) is 0 Å². The number of ether oxygens (including phenoxy) is 2. The molecule has 0 bridgehead atoms. The average molecular weight is 292 g/mol. The van der Waals surface area contributed by atoms with E-state index in [9.17, 15) is 9.59 Å². The Kier molecular flexibility index (Phi) is 7.51. The SMILES string of the molecule is CCCC[C@H](CC)COc1cc(C=O)c(OC)cc1C=O. The Morgan fingerprint density at radius 2 is 1.71 bits per heavy atom. The summed E-state index contributed by atoms with van der Waals surface area (Å²) >= 11 is 0. The molecule has 0 saturated carbocycles. The first-order chi connectivity index (χ1) is 10.2. The van der Waals surface area contributed by atoms with E-state index in [0.717, 1.165) is 25.5 Å². The first kappa shape index (κ1) is 17.2. The van der Waals surface area contributed by atoms with Gasteiger partial charge in [0.05, 0.1) is 24.8 Å². The normalized spacial score (nSPS) is 11.8. The van der Waals surface area contributed by atoms with Crippen LogP contribution in [0.5, 0.6) is 11.5 Å². The maximum atomic E-state index is 11.2. The van der Waals surface area contributed by atoms with E-state index in [-0.39, 0.29) is 0 Å². The molecule has 116 valence electrons. The zero-order valence-electron chi connectivity index (χ0n) is 13.1. The quantitative estimate of drug-likeness (QED) is 0.613. The number of benzene rings is 1. The molecule has 0 aliphatic carbocycles. The third-order valence-corrected chi connectivity index (χ3v) is 3.63. The van der Waals surface area contributed by atoms with E-state index >= 15 is 0 Å². The molecule has 0 aliphatic heterocycles. The van der Waals surface area contributed by atoms with Gasteiger partial charge in [0.1, 0.15) is 11.5 Å². The summed E-state index contributed by atoms with van der Waals surface area (Å²) in [5.41, 5.74) is 0.794. The highest BCUT2D eigenvalue weighted by Crippen LogP contribution is 2.27. The molecule has 1 atom stereocenters. The predicted molar refractivity (Wildman–Crippen MR) is 82.6 cm³/mol. The number of carbonyl (C=O) groups is 2. The van der Waals surface area contributed by atoms with Crippen molar-refractivity contribution in [1.82, 2.24) is 0 Å². The van der Waals surface area contributed by atoms with Crippen LogP contribution in [0, 0.1) is 5.92 Å². The number of carbonyl (C=O) groups excluding carboxylic acids is 2. The second-order valence-electron chi connectivity index (χ2n) is 5.10. The van der Waals surface area contributed by atoms with Crippen molar-refractivity contribution in [3.63, 3.8) is 0 Å². The molecule has 0 spiro atoms. The van der Waals surface area contributed by atoms with Crippen molar-refractivity contribution in [1.29, 1.82) is 0 Å². The van der Waals surface area contributed by atoms with Crippen molar-refractivity contribution in [2.45, 2.75) is 39.5 Å². The lowest BCUT2D eigenvalue weighted by molar-refractivity contribution is 0.110. The van der Waals surface area contributed by atoms with Gasteiger partial charge in [-0.15, -0.1) is 0 Å². The lowest BCUT2D eigenvalue weighted by atomic mass is 10.0. The van der Waals surface area contributed by atoms with E-state index in [0.29, 0.717) is 41.4 Å². The zero-order valence-corrected chi connectivity index (χ0v) is 13.1. The second kappa shape index (κ2) is 9.16. The van der Waals surface area contributed by atoms with E-state index in [1.807, 2.05) is 0 Å². The van der Waals surface area contributed by atoms with Gasteiger partial charge >= 0.3 is 0 Å². The molecule has 0 unspecified atom stereocenters. The number of unbranched alkanes of at least 4 members (excludes halogenated alkanes) is 1. The van der Waals surface area contributed by atoms with Gasteiger partial charge in [-0.25, -0.2) is 0 Å². The van der Waals surface area contributed by atoms with E-state index in [1.165, 1.54) is 13.5 Å². The van der Waals surface area contributed by atoms with Crippen molar-refractivity contribution in [2.75, 3.05) is 13.7 Å². The Balaban J connectivity index is 2.86. The van der Waals surface area contributed by atoms with Gasteiger partial charge in [0, 0.05) is 0 Å². The van der Waals surface area contributed by atoms with Gasteiger partial charge in [0.15, 0.2) is 12.6 Å². The fourth-order valence-corrected chi connectivity index (χ4v) is 2.18. The number of hydrogen-bond donors (Lipinski definition) is 0. The molecular weight excluding hydrogens is 268 g/mol. The molecule has 0 aliphatic rings. The van der Waals surface area contributed by atoms with Crippen LogP contribution in [0.2, 0.25) is 0 Å². The Bertz CT molecular complexity index is 468. The molecule has 0 aromatic heterocycles. The molecule has 0 N–H and O–H groups in total. The first-order valence-corrected chi connectivity index (χ1v) is 7.45. The molecule has 1 rings (SSSR count). The van der Waals surface area contributed by atoms with E-state index in [1.54, 1.807) is 12.1 Å². The minimum atomic E-state index is 0.387. The lowest BCUT2D eigenvalue weighted by Crippen LogP contribution is -2.12. The highest BCUT2D eigenvalue weighted by atomic mass is 16.5. The molecule has 4 nitrogen and oxygen atoms in total. The van der Waals surface area contributed by atoms with Crippen LogP contribution in [-0.4, -0.2) is 26.3 Å². The molecule has 4 heteroatoms. The minimum absolute atomic E-state index is 0.387. The van der Waals surface area contributed by atoms with Crippen molar-refractivity contribution < 1.29 is 19.1 Å². The summed E-state index contributed by atoms with van der Waals surface area (Å²) in [6, 6.07) is 3.11. The molecule has 0 heterocycles. The number of aldehydes is 2. The molecular formula is C17H24O4. The zero-order chi connectivity index (χ0) is 15.7. The van der Waals surface area contributed by atoms with E-state index in [4.69, 9.17) is 9.47 Å². The molecule has 0 saturated heterocycles. The summed E-state index contributed by atoms with van der Waals surface area (Å²) in [5.74, 6) is 1.30. The maximum absolute atomic E-state index is 11.2. The van der Waals surface area contributed by atoms with Gasteiger partial charge in [-0.2, -0.15) is 0 Å². The smallest absolute Gasteiger partial charge is 0.153 e. The van der Waals surface area contributed by atoms with Crippen LogP contribution in [0.1, 0.15) is 60.2 Å². The largest absolute Gasteiger partial charge is 0.496 e. The minimum Gasteiger partial charge on any atom is -0.496 e. The standard InChI is InChI=1S/C17H24O4/c1-4-6-7-13(5-2)12-21-17-9-14(10-18)16(20-3)8-15(17)11-19/h8-11,13H,4-7,12H2,1-3H3/t13-/m0/s1. The van der Waals surface area contributed by atoms with Gasteiger partial charge in [-0.3, -0.25) is 9.59 Å². The number of hydrogen-bond acceptors (Lipinski definition) is 4. The molecule has 0 amide bonds. The van der Waals surface area contributed by atoms with Crippen LogP contribution in [0.3, 0.4) is 0 Å². The van der Waals surface area contributed by atoms with E-state index in [2.05, 4.69) is 13.8 Å². The summed E-state index contributed by atoms with van der Waals surface area (Å²) < 4.78 is 10.9. The maximum Gasteiger partial charge on any atom is 0.153 e. The fourth-order valence-electron chi connectivity index (χ4n) is 2.18. The van der Waals surface area contributed by atoms with E-state index < -0.39 is 0 Å². The Morgan fingerprint density at radius 3 is 2.24 bits per heavy atom. The fraction of sp³-hybridized carbons (Fsp3) is 0.529. The Morgan fingerprint density at radius 1 is 1.10 bits per heavy atom. The molecule has 1 aromatic carbocycles.